The maximum Gasteiger partial charge on any atom is 0.317 e. The van der Waals surface area contributed by atoms with Gasteiger partial charge in [0, 0.05) is 42.4 Å². The van der Waals surface area contributed by atoms with Crippen LogP contribution in [0.1, 0.15) is 10.6 Å². The van der Waals surface area contributed by atoms with E-state index in [1.807, 2.05) is 29.1 Å². The van der Waals surface area contributed by atoms with Crippen molar-refractivity contribution in [3.8, 4) is 0 Å². The van der Waals surface area contributed by atoms with Crippen LogP contribution >= 0.6 is 23.1 Å². The van der Waals surface area contributed by atoms with Crippen LogP contribution in [0.25, 0.3) is 0 Å². The zero-order valence-corrected chi connectivity index (χ0v) is 11.6. The number of hydrogen-bond donors (Lipinski definition) is 1. The van der Waals surface area contributed by atoms with Crippen molar-refractivity contribution in [3.63, 3.8) is 0 Å². The third kappa shape index (κ3) is 3.61. The van der Waals surface area contributed by atoms with Crippen LogP contribution < -0.4 is 5.32 Å². The molecule has 2 heterocycles. The maximum atomic E-state index is 11.8. The van der Waals surface area contributed by atoms with Crippen LogP contribution in [0, 0.1) is 6.92 Å². The van der Waals surface area contributed by atoms with E-state index in [0.717, 1.165) is 36.7 Å². The topological polar surface area (TPSA) is 45.2 Å². The molecule has 1 N–H and O–H groups in total. The predicted octanol–water partition coefficient (Wildman–Crippen LogP) is 1.75. The summed E-state index contributed by atoms with van der Waals surface area (Å²) in [7, 11) is 0. The summed E-state index contributed by atoms with van der Waals surface area (Å²) in [6, 6.07) is 0.0764. The summed E-state index contributed by atoms with van der Waals surface area (Å²) >= 11 is 3.57. The second-order valence-corrected chi connectivity index (χ2v) is 6.11. The molecule has 2 rings (SSSR count). The number of thioether (sulfide) groups is 1. The first-order valence-electron chi connectivity index (χ1n) is 5.77. The lowest BCUT2D eigenvalue weighted by Gasteiger charge is -2.26. The average Bonchev–Trinajstić information content (AvgIpc) is 2.76. The molecule has 1 aromatic heterocycles. The molecule has 6 heteroatoms. The summed E-state index contributed by atoms with van der Waals surface area (Å²) in [6.45, 7) is 4.45. The van der Waals surface area contributed by atoms with E-state index in [2.05, 4.69) is 10.3 Å². The summed E-state index contributed by atoms with van der Waals surface area (Å²) in [5.74, 6) is 2.11. The second kappa shape index (κ2) is 6.26. The van der Waals surface area contributed by atoms with Crippen LogP contribution in [0.5, 0.6) is 0 Å². The highest BCUT2D eigenvalue weighted by Crippen LogP contribution is 2.12. The number of carbonyl (C=O) groups excluding carboxylic acids is 1. The lowest BCUT2D eigenvalue weighted by atomic mass is 10.3. The predicted molar refractivity (Wildman–Crippen MR) is 72.9 cm³/mol. The van der Waals surface area contributed by atoms with Gasteiger partial charge < -0.3 is 10.2 Å². The van der Waals surface area contributed by atoms with Crippen LogP contribution in [-0.4, -0.2) is 47.1 Å². The number of hydrogen-bond acceptors (Lipinski definition) is 4. The van der Waals surface area contributed by atoms with Crippen LogP contribution in [0.4, 0.5) is 4.79 Å². The molecule has 0 aromatic carbocycles. The quantitative estimate of drug-likeness (QED) is 0.911. The van der Waals surface area contributed by atoms with Crippen LogP contribution in [0.2, 0.25) is 0 Å². The van der Waals surface area contributed by atoms with Gasteiger partial charge in [0.2, 0.25) is 0 Å². The molecule has 94 valence electrons. The van der Waals surface area contributed by atoms with Gasteiger partial charge in [-0.1, -0.05) is 0 Å². The number of nitrogens with zero attached hydrogens (tertiary/aromatic N) is 2. The zero-order chi connectivity index (χ0) is 12.1. The summed E-state index contributed by atoms with van der Waals surface area (Å²) in [5.41, 5.74) is 2.94. The minimum Gasteiger partial charge on any atom is -0.338 e. The Morgan fingerprint density at radius 3 is 2.94 bits per heavy atom. The van der Waals surface area contributed by atoms with Gasteiger partial charge in [-0.25, -0.2) is 9.78 Å². The van der Waals surface area contributed by atoms with Crippen molar-refractivity contribution in [2.45, 2.75) is 13.3 Å². The van der Waals surface area contributed by atoms with E-state index < -0.39 is 0 Å². The highest BCUT2D eigenvalue weighted by atomic mass is 32.2. The smallest absolute Gasteiger partial charge is 0.317 e. The summed E-state index contributed by atoms with van der Waals surface area (Å²) < 4.78 is 0. The number of carbonyl (C=O) groups is 1. The maximum absolute atomic E-state index is 11.8. The standard InChI is InChI=1S/C11H17N3OS2/c1-9-10(17-8-13-9)2-3-12-11(15)14-4-6-16-7-5-14/h8H,2-7H2,1H3,(H,12,15). The van der Waals surface area contributed by atoms with Gasteiger partial charge in [0.1, 0.15) is 0 Å². The van der Waals surface area contributed by atoms with Gasteiger partial charge in [-0.15, -0.1) is 11.3 Å². The van der Waals surface area contributed by atoms with E-state index in [4.69, 9.17) is 0 Å². The molecule has 1 aliphatic heterocycles. The molecule has 0 atom stereocenters. The summed E-state index contributed by atoms with van der Waals surface area (Å²) in [5, 5.41) is 2.97. The van der Waals surface area contributed by atoms with Gasteiger partial charge in [0.05, 0.1) is 11.2 Å². The molecule has 1 fully saturated rings. The Balaban J connectivity index is 1.71. The Bertz CT molecular complexity index is 375. The highest BCUT2D eigenvalue weighted by Gasteiger charge is 2.15. The van der Waals surface area contributed by atoms with Gasteiger partial charge in [0.15, 0.2) is 0 Å². The van der Waals surface area contributed by atoms with Crippen molar-refractivity contribution in [3.05, 3.63) is 16.1 Å². The Kier molecular flexibility index (Phi) is 4.67. The number of aryl methyl sites for hydroxylation is 1. The number of aromatic nitrogens is 1. The van der Waals surface area contributed by atoms with Crippen LogP contribution in [0.3, 0.4) is 0 Å². The molecule has 17 heavy (non-hydrogen) atoms. The Morgan fingerprint density at radius 1 is 1.53 bits per heavy atom. The van der Waals surface area contributed by atoms with Gasteiger partial charge in [-0.05, 0) is 6.92 Å². The fourth-order valence-corrected chi connectivity index (χ4v) is 3.41. The number of amides is 2. The van der Waals surface area contributed by atoms with Gasteiger partial charge in [-0.3, -0.25) is 0 Å². The van der Waals surface area contributed by atoms with Gasteiger partial charge in [-0.2, -0.15) is 11.8 Å². The molecule has 0 aliphatic carbocycles. The third-order valence-electron chi connectivity index (χ3n) is 2.77. The number of nitrogens with one attached hydrogen (secondary N) is 1. The van der Waals surface area contributed by atoms with Gasteiger partial charge >= 0.3 is 6.03 Å². The molecule has 1 aromatic rings. The largest absolute Gasteiger partial charge is 0.338 e. The van der Waals surface area contributed by atoms with E-state index in [-0.39, 0.29) is 6.03 Å². The molecule has 0 unspecified atom stereocenters. The second-order valence-electron chi connectivity index (χ2n) is 3.94. The van der Waals surface area contributed by atoms with E-state index in [1.165, 1.54) is 4.88 Å². The van der Waals surface area contributed by atoms with E-state index in [9.17, 15) is 4.79 Å². The molecule has 1 saturated heterocycles. The number of thiazole rings is 1. The molecule has 0 bridgehead atoms. The first-order valence-corrected chi connectivity index (χ1v) is 7.80. The lowest BCUT2D eigenvalue weighted by molar-refractivity contribution is 0.203. The molecular weight excluding hydrogens is 254 g/mol. The Labute approximate surface area is 110 Å². The van der Waals surface area contributed by atoms with Crippen molar-refractivity contribution in [1.29, 1.82) is 0 Å². The monoisotopic (exact) mass is 271 g/mol. The molecular formula is C11H17N3OS2. The zero-order valence-electron chi connectivity index (χ0n) is 9.94. The SMILES string of the molecule is Cc1ncsc1CCNC(=O)N1CCSCC1. The molecule has 0 saturated carbocycles. The third-order valence-corrected chi connectivity index (χ3v) is 4.71. The fraction of sp³-hybridized carbons (Fsp3) is 0.636. The van der Waals surface area contributed by atoms with Crippen molar-refractivity contribution in [1.82, 2.24) is 15.2 Å². The Hall–Kier alpha value is -0.750. The number of rotatable bonds is 3. The van der Waals surface area contributed by atoms with Crippen molar-refractivity contribution in [2.75, 3.05) is 31.1 Å². The van der Waals surface area contributed by atoms with E-state index in [0.29, 0.717) is 6.54 Å². The van der Waals surface area contributed by atoms with E-state index in [1.54, 1.807) is 11.3 Å². The molecule has 2 amide bonds. The van der Waals surface area contributed by atoms with Crippen molar-refractivity contribution < 1.29 is 4.79 Å². The molecule has 4 nitrogen and oxygen atoms in total. The average molecular weight is 271 g/mol. The first kappa shape index (κ1) is 12.7. The van der Waals surface area contributed by atoms with Crippen LogP contribution in [0.15, 0.2) is 5.51 Å². The van der Waals surface area contributed by atoms with Crippen molar-refractivity contribution in [2.24, 2.45) is 0 Å². The summed E-state index contributed by atoms with van der Waals surface area (Å²) in [6.07, 6.45) is 0.880. The number of urea groups is 1. The minimum atomic E-state index is 0.0764. The van der Waals surface area contributed by atoms with E-state index >= 15 is 0 Å². The highest BCUT2D eigenvalue weighted by molar-refractivity contribution is 7.99. The molecule has 0 spiro atoms. The van der Waals surface area contributed by atoms with Crippen molar-refractivity contribution >= 4 is 29.1 Å². The Morgan fingerprint density at radius 2 is 2.29 bits per heavy atom. The lowest BCUT2D eigenvalue weighted by Crippen LogP contribution is -2.44. The van der Waals surface area contributed by atoms with Gasteiger partial charge in [0.25, 0.3) is 0 Å². The molecule has 0 radical (unpaired) electrons. The van der Waals surface area contributed by atoms with Crippen LogP contribution in [-0.2, 0) is 6.42 Å². The summed E-state index contributed by atoms with van der Waals surface area (Å²) in [4.78, 5) is 19.2. The first-order chi connectivity index (χ1) is 8.27. The molecule has 1 aliphatic rings. The fourth-order valence-electron chi connectivity index (χ4n) is 1.73. The minimum absolute atomic E-state index is 0.0764. The normalized spacial score (nSPS) is 15.9.